The Bertz CT molecular complexity index is 1480. The molecule has 1 aromatic heterocycles. The summed E-state index contributed by atoms with van der Waals surface area (Å²) in [6, 6.07) is 22.9. The molecule has 0 saturated heterocycles. The maximum atomic E-state index is 13.5. The van der Waals surface area contributed by atoms with Crippen LogP contribution >= 0.6 is 0 Å². The summed E-state index contributed by atoms with van der Waals surface area (Å²) in [4.78, 5) is 31.2. The summed E-state index contributed by atoms with van der Waals surface area (Å²) in [6.45, 7) is 1.76. The predicted molar refractivity (Wildman–Crippen MR) is 146 cm³/mol. The lowest BCUT2D eigenvalue weighted by molar-refractivity contribution is 0.0475. The number of carbonyl (C=O) groups is 2. The second kappa shape index (κ2) is 10.8. The molecule has 1 aliphatic carbocycles. The third-order valence-corrected chi connectivity index (χ3v) is 6.85. The second-order valence-corrected chi connectivity index (χ2v) is 9.18. The van der Waals surface area contributed by atoms with E-state index in [9.17, 15) is 9.59 Å². The van der Waals surface area contributed by atoms with Crippen molar-refractivity contribution < 1.29 is 19.1 Å². The molecular formula is C32H29NO4. The number of para-hydroxylation sites is 1. The SMILES string of the molecule is CCc1ccc(C(=O)COC(=O)c2c3c(nc4ccccc24)C(=Cc2ccc(OC)cc2)CCC3)cc1. The topological polar surface area (TPSA) is 65.5 Å². The molecule has 5 nitrogen and oxygen atoms in total. The van der Waals surface area contributed by atoms with Gasteiger partial charge in [0.1, 0.15) is 5.75 Å². The Morgan fingerprint density at radius 3 is 2.43 bits per heavy atom. The molecule has 3 aromatic carbocycles. The molecule has 1 heterocycles. The highest BCUT2D eigenvalue weighted by atomic mass is 16.5. The number of allylic oxidation sites excluding steroid dienone is 1. The quantitative estimate of drug-likeness (QED) is 0.212. The number of carbonyl (C=O) groups excluding carboxylic acids is 2. The van der Waals surface area contributed by atoms with Crippen LogP contribution in [0.2, 0.25) is 0 Å². The summed E-state index contributed by atoms with van der Waals surface area (Å²) in [6.07, 6.45) is 5.52. The first-order valence-corrected chi connectivity index (χ1v) is 12.6. The fraction of sp³-hybridized carbons (Fsp3) is 0.219. The molecular weight excluding hydrogens is 462 g/mol. The molecule has 37 heavy (non-hydrogen) atoms. The lowest BCUT2D eigenvalue weighted by Gasteiger charge is -2.22. The molecule has 0 N–H and O–H groups in total. The molecule has 0 aliphatic heterocycles. The number of benzene rings is 3. The van der Waals surface area contributed by atoms with E-state index in [1.54, 1.807) is 19.2 Å². The van der Waals surface area contributed by atoms with Crippen molar-refractivity contribution >= 4 is 34.3 Å². The number of hydrogen-bond acceptors (Lipinski definition) is 5. The molecule has 0 atom stereocenters. The smallest absolute Gasteiger partial charge is 0.339 e. The summed E-state index contributed by atoms with van der Waals surface area (Å²) in [5.74, 6) is 0.0959. The minimum atomic E-state index is -0.487. The van der Waals surface area contributed by atoms with Gasteiger partial charge in [-0.15, -0.1) is 0 Å². The van der Waals surface area contributed by atoms with Crippen LogP contribution in [0.1, 0.15) is 62.9 Å². The number of Topliss-reactive ketones (excluding diaryl/α,β-unsaturated/α-hetero) is 1. The van der Waals surface area contributed by atoms with Gasteiger partial charge in [-0.05, 0) is 72.2 Å². The van der Waals surface area contributed by atoms with E-state index in [0.717, 1.165) is 70.3 Å². The number of ketones is 1. The van der Waals surface area contributed by atoms with Crippen molar-refractivity contribution in [3.8, 4) is 5.75 Å². The van der Waals surface area contributed by atoms with Gasteiger partial charge in [0.2, 0.25) is 0 Å². The molecule has 0 saturated carbocycles. The first-order chi connectivity index (χ1) is 18.1. The van der Waals surface area contributed by atoms with E-state index in [2.05, 4.69) is 13.0 Å². The van der Waals surface area contributed by atoms with E-state index in [-0.39, 0.29) is 12.4 Å². The Labute approximate surface area is 216 Å². The summed E-state index contributed by atoms with van der Waals surface area (Å²) in [7, 11) is 1.65. The molecule has 0 radical (unpaired) electrons. The largest absolute Gasteiger partial charge is 0.497 e. The van der Waals surface area contributed by atoms with Gasteiger partial charge in [-0.25, -0.2) is 9.78 Å². The first-order valence-electron chi connectivity index (χ1n) is 12.6. The zero-order valence-electron chi connectivity index (χ0n) is 21.1. The van der Waals surface area contributed by atoms with Crippen LogP contribution < -0.4 is 4.74 Å². The van der Waals surface area contributed by atoms with E-state index in [1.165, 1.54) is 0 Å². The molecule has 0 amide bonds. The number of hydrogen-bond donors (Lipinski definition) is 0. The Hall–Kier alpha value is -4.25. The number of pyridine rings is 1. The molecule has 0 unspecified atom stereocenters. The number of fused-ring (bicyclic) bond motifs is 2. The van der Waals surface area contributed by atoms with Crippen molar-refractivity contribution in [1.29, 1.82) is 0 Å². The van der Waals surface area contributed by atoms with Crippen molar-refractivity contribution in [2.75, 3.05) is 13.7 Å². The summed E-state index contributed by atoms with van der Waals surface area (Å²) in [5, 5.41) is 0.747. The number of methoxy groups -OCH3 is 1. The molecule has 0 spiro atoms. The first kappa shape index (κ1) is 24.4. The van der Waals surface area contributed by atoms with Crippen LogP contribution in [0.3, 0.4) is 0 Å². The zero-order valence-corrected chi connectivity index (χ0v) is 21.1. The van der Waals surface area contributed by atoms with Crippen LogP contribution in [-0.2, 0) is 17.6 Å². The van der Waals surface area contributed by atoms with Crippen molar-refractivity contribution in [2.24, 2.45) is 0 Å². The predicted octanol–water partition coefficient (Wildman–Crippen LogP) is 6.72. The van der Waals surface area contributed by atoms with E-state index in [1.807, 2.05) is 60.7 Å². The van der Waals surface area contributed by atoms with Crippen LogP contribution in [0.5, 0.6) is 5.75 Å². The average Bonchev–Trinajstić information content (AvgIpc) is 2.95. The van der Waals surface area contributed by atoms with Gasteiger partial charge in [-0.3, -0.25) is 4.79 Å². The summed E-state index contributed by atoms with van der Waals surface area (Å²) in [5.41, 5.74) is 6.77. The number of nitrogens with zero attached hydrogens (tertiary/aromatic N) is 1. The second-order valence-electron chi connectivity index (χ2n) is 9.18. The Morgan fingerprint density at radius 2 is 1.70 bits per heavy atom. The molecule has 5 heteroatoms. The third-order valence-electron chi connectivity index (χ3n) is 6.85. The van der Waals surface area contributed by atoms with Gasteiger partial charge in [0, 0.05) is 10.9 Å². The number of aryl methyl sites for hydroxylation is 1. The van der Waals surface area contributed by atoms with Crippen LogP contribution in [0.4, 0.5) is 0 Å². The average molecular weight is 492 g/mol. The standard InChI is InChI=1S/C32H29NO4/c1-3-21-11-15-23(16-12-21)29(34)20-37-32(35)30-26-8-4-5-10-28(26)33-31-24(7-6-9-27(30)31)19-22-13-17-25(36-2)18-14-22/h4-5,8,10-19H,3,6-7,9,20H2,1-2H3. The van der Waals surface area contributed by atoms with Gasteiger partial charge in [-0.2, -0.15) is 0 Å². The minimum Gasteiger partial charge on any atom is -0.497 e. The zero-order chi connectivity index (χ0) is 25.8. The fourth-order valence-electron chi connectivity index (χ4n) is 4.82. The minimum absolute atomic E-state index is 0.219. The maximum absolute atomic E-state index is 13.5. The fourth-order valence-corrected chi connectivity index (χ4v) is 4.82. The maximum Gasteiger partial charge on any atom is 0.339 e. The van der Waals surface area contributed by atoms with Gasteiger partial charge in [-0.1, -0.05) is 61.5 Å². The molecule has 4 aromatic rings. The third kappa shape index (κ3) is 5.17. The number of aromatic nitrogens is 1. The molecule has 0 fully saturated rings. The molecule has 1 aliphatic rings. The number of ether oxygens (including phenoxy) is 2. The lowest BCUT2D eigenvalue weighted by atomic mass is 9.86. The molecule has 5 rings (SSSR count). The number of esters is 1. The highest BCUT2D eigenvalue weighted by Crippen LogP contribution is 2.36. The van der Waals surface area contributed by atoms with E-state index < -0.39 is 5.97 Å². The van der Waals surface area contributed by atoms with Gasteiger partial charge >= 0.3 is 5.97 Å². The van der Waals surface area contributed by atoms with Gasteiger partial charge < -0.3 is 9.47 Å². The Morgan fingerprint density at radius 1 is 0.946 bits per heavy atom. The van der Waals surface area contributed by atoms with Gasteiger partial charge in [0.25, 0.3) is 0 Å². The number of rotatable bonds is 7. The lowest BCUT2D eigenvalue weighted by Crippen LogP contribution is -2.18. The molecule has 186 valence electrons. The van der Waals surface area contributed by atoms with E-state index in [4.69, 9.17) is 14.5 Å². The van der Waals surface area contributed by atoms with E-state index in [0.29, 0.717) is 11.1 Å². The van der Waals surface area contributed by atoms with Crippen molar-refractivity contribution in [2.45, 2.75) is 32.6 Å². The van der Waals surface area contributed by atoms with Crippen molar-refractivity contribution in [1.82, 2.24) is 4.98 Å². The Kier molecular flexibility index (Phi) is 7.13. The van der Waals surface area contributed by atoms with Crippen molar-refractivity contribution in [3.63, 3.8) is 0 Å². The Balaban J connectivity index is 1.48. The van der Waals surface area contributed by atoms with Crippen molar-refractivity contribution in [3.05, 3.63) is 106 Å². The summed E-state index contributed by atoms with van der Waals surface area (Å²) >= 11 is 0. The highest BCUT2D eigenvalue weighted by molar-refractivity contribution is 6.08. The van der Waals surface area contributed by atoms with Gasteiger partial charge in [0.15, 0.2) is 12.4 Å². The van der Waals surface area contributed by atoms with Crippen LogP contribution in [0, 0.1) is 0 Å². The van der Waals surface area contributed by atoms with Crippen LogP contribution in [0.25, 0.3) is 22.6 Å². The highest BCUT2D eigenvalue weighted by Gasteiger charge is 2.26. The van der Waals surface area contributed by atoms with E-state index >= 15 is 0 Å². The van der Waals surface area contributed by atoms with Gasteiger partial charge in [0.05, 0.1) is 23.9 Å². The monoisotopic (exact) mass is 491 g/mol. The normalized spacial score (nSPS) is 13.8. The van der Waals surface area contributed by atoms with Crippen LogP contribution in [-0.4, -0.2) is 30.5 Å². The van der Waals surface area contributed by atoms with Crippen LogP contribution in [0.15, 0.2) is 72.8 Å². The summed E-state index contributed by atoms with van der Waals surface area (Å²) < 4.78 is 10.9. The molecule has 0 bridgehead atoms.